The molecule has 0 aliphatic carbocycles. The van der Waals surface area contributed by atoms with Crippen LogP contribution in [0, 0.1) is 0 Å². The fraction of sp³-hybridized carbons (Fsp3) is 0.333. The van der Waals surface area contributed by atoms with Crippen LogP contribution in [0.2, 0.25) is 0 Å². The molecule has 1 aromatic carbocycles. The van der Waals surface area contributed by atoms with E-state index < -0.39 is 0 Å². The molecule has 1 aromatic rings. The first-order valence-corrected chi connectivity index (χ1v) is 4.07. The first kappa shape index (κ1) is 8.62. The van der Waals surface area contributed by atoms with E-state index in [0.29, 0.717) is 6.61 Å². The molecule has 2 heteroatoms. The summed E-state index contributed by atoms with van der Waals surface area (Å²) in [6.45, 7) is 2.72. The second-order valence-corrected chi connectivity index (χ2v) is 2.71. The van der Waals surface area contributed by atoms with Crippen molar-refractivity contribution in [3.8, 4) is 0 Å². The molecule has 0 atom stereocenters. The standard InChI is InChI=1S/C9H12OS/c1-2-8-4-3-5-9(6-8)7-10-11/h3-6,11H,2,7H2,1H3. The maximum Gasteiger partial charge on any atom is 0.0861 e. The van der Waals surface area contributed by atoms with Gasteiger partial charge in [0.1, 0.15) is 0 Å². The normalized spacial score (nSPS) is 10.0. The van der Waals surface area contributed by atoms with Gasteiger partial charge in [-0.25, -0.2) is 0 Å². The summed E-state index contributed by atoms with van der Waals surface area (Å²) in [6.07, 6.45) is 1.07. The molecule has 0 N–H and O–H groups in total. The summed E-state index contributed by atoms with van der Waals surface area (Å²) in [5, 5.41) is 0. The van der Waals surface area contributed by atoms with Crippen molar-refractivity contribution < 1.29 is 4.18 Å². The SMILES string of the molecule is CCc1cccc(COS)c1. The van der Waals surface area contributed by atoms with Gasteiger partial charge in [-0.1, -0.05) is 31.2 Å². The molecule has 0 heterocycles. The van der Waals surface area contributed by atoms with Gasteiger partial charge in [0.2, 0.25) is 0 Å². The number of rotatable bonds is 3. The first-order chi connectivity index (χ1) is 5.36. The molecule has 60 valence electrons. The van der Waals surface area contributed by atoms with Crippen LogP contribution in [0.3, 0.4) is 0 Å². The molecular formula is C9H12OS. The summed E-state index contributed by atoms with van der Waals surface area (Å²) >= 11 is 3.70. The topological polar surface area (TPSA) is 9.23 Å². The van der Waals surface area contributed by atoms with Gasteiger partial charge in [-0.2, -0.15) is 0 Å². The fourth-order valence-electron chi connectivity index (χ4n) is 1.01. The molecule has 0 radical (unpaired) electrons. The van der Waals surface area contributed by atoms with Gasteiger partial charge in [0.25, 0.3) is 0 Å². The summed E-state index contributed by atoms with van der Waals surface area (Å²) in [7, 11) is 0. The lowest BCUT2D eigenvalue weighted by molar-refractivity contribution is 0.372. The molecule has 0 spiro atoms. The van der Waals surface area contributed by atoms with Crippen LogP contribution in [0.25, 0.3) is 0 Å². The zero-order chi connectivity index (χ0) is 8.10. The Morgan fingerprint density at radius 2 is 2.09 bits per heavy atom. The van der Waals surface area contributed by atoms with E-state index in [1.54, 1.807) is 0 Å². The number of aryl methyl sites for hydroxylation is 1. The van der Waals surface area contributed by atoms with Crippen LogP contribution in [0.1, 0.15) is 18.1 Å². The van der Waals surface area contributed by atoms with Crippen LogP contribution in [-0.2, 0) is 17.2 Å². The van der Waals surface area contributed by atoms with Crippen molar-refractivity contribution in [2.24, 2.45) is 0 Å². The average Bonchev–Trinajstić information content (AvgIpc) is 2.06. The van der Waals surface area contributed by atoms with Gasteiger partial charge >= 0.3 is 0 Å². The van der Waals surface area contributed by atoms with Crippen molar-refractivity contribution in [3.05, 3.63) is 35.4 Å². The van der Waals surface area contributed by atoms with Gasteiger partial charge in [0.05, 0.1) is 6.61 Å². The van der Waals surface area contributed by atoms with Crippen LogP contribution < -0.4 is 0 Å². The molecule has 0 fully saturated rings. The van der Waals surface area contributed by atoms with E-state index in [4.69, 9.17) is 4.18 Å². The fourth-order valence-corrected chi connectivity index (χ4v) is 1.16. The van der Waals surface area contributed by atoms with E-state index in [9.17, 15) is 0 Å². The minimum atomic E-state index is 0.580. The van der Waals surface area contributed by atoms with Crippen molar-refractivity contribution in [2.75, 3.05) is 0 Å². The molecular weight excluding hydrogens is 156 g/mol. The second kappa shape index (κ2) is 4.42. The zero-order valence-corrected chi connectivity index (χ0v) is 7.47. The van der Waals surface area contributed by atoms with E-state index in [1.807, 2.05) is 12.1 Å². The quantitative estimate of drug-likeness (QED) is 0.539. The van der Waals surface area contributed by atoms with Crippen molar-refractivity contribution in [2.45, 2.75) is 20.0 Å². The molecule has 1 rings (SSSR count). The molecule has 0 amide bonds. The Bertz CT molecular complexity index is 223. The van der Waals surface area contributed by atoms with Gasteiger partial charge in [-0.3, -0.25) is 0 Å². The van der Waals surface area contributed by atoms with Crippen LogP contribution in [0.5, 0.6) is 0 Å². The largest absolute Gasteiger partial charge is 0.314 e. The average molecular weight is 168 g/mol. The van der Waals surface area contributed by atoms with Gasteiger partial charge < -0.3 is 4.18 Å². The summed E-state index contributed by atoms with van der Waals surface area (Å²) < 4.78 is 4.72. The molecule has 0 saturated carbocycles. The monoisotopic (exact) mass is 168 g/mol. The zero-order valence-electron chi connectivity index (χ0n) is 6.58. The smallest absolute Gasteiger partial charge is 0.0861 e. The lowest BCUT2D eigenvalue weighted by Crippen LogP contribution is -1.86. The Labute approximate surface area is 73.0 Å². The minimum Gasteiger partial charge on any atom is -0.314 e. The number of benzene rings is 1. The van der Waals surface area contributed by atoms with E-state index in [1.165, 1.54) is 11.1 Å². The maximum absolute atomic E-state index is 4.72. The predicted octanol–water partition coefficient (Wildman–Crippen LogP) is 2.61. The number of hydrogen-bond donors (Lipinski definition) is 1. The third-order valence-corrected chi connectivity index (χ3v) is 1.76. The van der Waals surface area contributed by atoms with Crippen molar-refractivity contribution in [1.29, 1.82) is 0 Å². The predicted molar refractivity (Wildman–Crippen MR) is 49.6 cm³/mol. The van der Waals surface area contributed by atoms with Crippen LogP contribution in [0.15, 0.2) is 24.3 Å². The summed E-state index contributed by atoms with van der Waals surface area (Å²) in [4.78, 5) is 0. The third-order valence-electron chi connectivity index (χ3n) is 1.63. The Morgan fingerprint density at radius 1 is 1.36 bits per heavy atom. The Hall–Kier alpha value is -0.470. The highest BCUT2D eigenvalue weighted by atomic mass is 32.1. The third kappa shape index (κ3) is 2.56. The Balaban J connectivity index is 2.74. The lowest BCUT2D eigenvalue weighted by Gasteiger charge is -2.00. The molecule has 11 heavy (non-hydrogen) atoms. The van der Waals surface area contributed by atoms with Gasteiger partial charge in [0.15, 0.2) is 0 Å². The summed E-state index contributed by atoms with van der Waals surface area (Å²) in [5.74, 6) is 0. The molecule has 0 aliphatic heterocycles. The van der Waals surface area contributed by atoms with Gasteiger partial charge in [0, 0.05) is 0 Å². The molecule has 0 aromatic heterocycles. The maximum atomic E-state index is 4.72. The van der Waals surface area contributed by atoms with Crippen LogP contribution in [-0.4, -0.2) is 0 Å². The van der Waals surface area contributed by atoms with Crippen LogP contribution >= 0.6 is 12.9 Å². The van der Waals surface area contributed by atoms with E-state index >= 15 is 0 Å². The highest BCUT2D eigenvalue weighted by molar-refractivity contribution is 7.75. The molecule has 1 nitrogen and oxygen atoms in total. The van der Waals surface area contributed by atoms with E-state index in [0.717, 1.165) is 6.42 Å². The lowest BCUT2D eigenvalue weighted by atomic mass is 10.1. The molecule has 0 unspecified atom stereocenters. The minimum absolute atomic E-state index is 0.580. The summed E-state index contributed by atoms with van der Waals surface area (Å²) in [5.41, 5.74) is 2.52. The second-order valence-electron chi connectivity index (χ2n) is 2.45. The number of thiol groups is 1. The van der Waals surface area contributed by atoms with Crippen molar-refractivity contribution >= 4 is 12.9 Å². The molecule has 0 aliphatic rings. The number of hydrogen-bond acceptors (Lipinski definition) is 2. The van der Waals surface area contributed by atoms with Crippen molar-refractivity contribution in [1.82, 2.24) is 0 Å². The molecule has 0 saturated heterocycles. The first-order valence-electron chi connectivity index (χ1n) is 3.71. The highest BCUT2D eigenvalue weighted by Gasteiger charge is 1.92. The highest BCUT2D eigenvalue weighted by Crippen LogP contribution is 2.07. The van der Waals surface area contributed by atoms with Gasteiger partial charge in [-0.15, -0.1) is 0 Å². The molecule has 0 bridgehead atoms. The Morgan fingerprint density at radius 3 is 2.73 bits per heavy atom. The van der Waals surface area contributed by atoms with Gasteiger partial charge in [-0.05, 0) is 30.5 Å². The van der Waals surface area contributed by atoms with E-state index in [-0.39, 0.29) is 0 Å². The van der Waals surface area contributed by atoms with Crippen LogP contribution in [0.4, 0.5) is 0 Å². The Kier molecular flexibility index (Phi) is 3.46. The van der Waals surface area contributed by atoms with E-state index in [2.05, 4.69) is 32.0 Å². The van der Waals surface area contributed by atoms with Crippen molar-refractivity contribution in [3.63, 3.8) is 0 Å². The summed E-state index contributed by atoms with van der Waals surface area (Å²) in [6, 6.07) is 8.33.